The Labute approximate surface area is 95.2 Å². The van der Waals surface area contributed by atoms with Crippen molar-refractivity contribution in [2.45, 2.75) is 12.5 Å². The lowest BCUT2D eigenvalue weighted by molar-refractivity contribution is 0.667. The summed E-state index contributed by atoms with van der Waals surface area (Å²) in [6.07, 6.45) is 0.682. The van der Waals surface area contributed by atoms with Gasteiger partial charge in [-0.05, 0) is 18.1 Å². The molecule has 3 N–H and O–H groups in total. The average molecular weight is 268 g/mol. The van der Waals surface area contributed by atoms with Crippen LogP contribution in [-0.4, -0.2) is 20.6 Å². The molecule has 1 atom stereocenters. The highest BCUT2D eigenvalue weighted by Crippen LogP contribution is 2.20. The molecular weight excluding hydrogens is 258 g/mol. The number of halogens is 1. The number of aromatic nitrogens is 4. The van der Waals surface area contributed by atoms with Crippen LogP contribution in [0.25, 0.3) is 0 Å². The number of H-pyrrole nitrogens is 1. The highest BCUT2D eigenvalue weighted by atomic mass is 79.9. The van der Waals surface area contributed by atoms with Crippen molar-refractivity contribution in [1.29, 1.82) is 0 Å². The average Bonchev–Trinajstić information content (AvgIpc) is 2.74. The van der Waals surface area contributed by atoms with Crippen LogP contribution >= 0.6 is 15.9 Å². The second kappa shape index (κ2) is 4.50. The van der Waals surface area contributed by atoms with E-state index in [-0.39, 0.29) is 6.04 Å². The molecule has 6 heteroatoms. The first kappa shape index (κ1) is 10.3. The molecule has 15 heavy (non-hydrogen) atoms. The molecule has 0 aliphatic carbocycles. The maximum atomic E-state index is 5.93. The number of benzene rings is 1. The van der Waals surface area contributed by atoms with E-state index >= 15 is 0 Å². The van der Waals surface area contributed by atoms with Gasteiger partial charge in [-0.2, -0.15) is 5.21 Å². The number of tetrazole rings is 1. The van der Waals surface area contributed by atoms with Gasteiger partial charge in [-0.15, -0.1) is 10.2 Å². The van der Waals surface area contributed by atoms with Gasteiger partial charge in [0, 0.05) is 4.47 Å². The van der Waals surface area contributed by atoms with Crippen LogP contribution in [0, 0.1) is 0 Å². The van der Waals surface area contributed by atoms with Gasteiger partial charge in [0.25, 0.3) is 0 Å². The Balaban J connectivity index is 2.13. The topological polar surface area (TPSA) is 80.5 Å². The quantitative estimate of drug-likeness (QED) is 0.876. The van der Waals surface area contributed by atoms with Gasteiger partial charge in [-0.1, -0.05) is 39.3 Å². The zero-order valence-corrected chi connectivity index (χ0v) is 9.48. The predicted octanol–water partition coefficient (Wildman–Crippen LogP) is 1.20. The summed E-state index contributed by atoms with van der Waals surface area (Å²) < 4.78 is 1.05. The summed E-state index contributed by atoms with van der Waals surface area (Å²) in [5.74, 6) is 0.533. The van der Waals surface area contributed by atoms with Gasteiger partial charge < -0.3 is 5.73 Å². The van der Waals surface area contributed by atoms with Crippen molar-refractivity contribution in [1.82, 2.24) is 20.6 Å². The van der Waals surface area contributed by atoms with Crippen LogP contribution in [0.3, 0.4) is 0 Å². The summed E-state index contributed by atoms with van der Waals surface area (Å²) in [6.45, 7) is 0. The van der Waals surface area contributed by atoms with Gasteiger partial charge in [0.15, 0.2) is 5.82 Å². The number of hydrogen-bond donors (Lipinski definition) is 2. The molecule has 78 valence electrons. The van der Waals surface area contributed by atoms with E-state index < -0.39 is 0 Å². The second-order valence-corrected chi connectivity index (χ2v) is 4.03. The van der Waals surface area contributed by atoms with E-state index in [9.17, 15) is 0 Å². The Bertz CT molecular complexity index is 428. The zero-order valence-electron chi connectivity index (χ0n) is 7.89. The molecule has 2 aromatic rings. The van der Waals surface area contributed by atoms with Crippen LogP contribution in [-0.2, 0) is 6.42 Å². The summed E-state index contributed by atoms with van der Waals surface area (Å²) in [5, 5.41) is 13.6. The summed E-state index contributed by atoms with van der Waals surface area (Å²) in [4.78, 5) is 0. The minimum Gasteiger partial charge on any atom is -0.321 e. The molecule has 5 nitrogen and oxygen atoms in total. The Kier molecular flexibility index (Phi) is 3.08. The number of nitrogens with one attached hydrogen (secondary N) is 1. The smallest absolute Gasteiger partial charge is 0.191 e. The maximum absolute atomic E-state index is 5.93. The van der Waals surface area contributed by atoms with E-state index in [1.54, 1.807) is 0 Å². The molecule has 1 aromatic carbocycles. The molecule has 2 rings (SSSR count). The fraction of sp³-hybridized carbons (Fsp3) is 0.222. The fourth-order valence-corrected chi connectivity index (χ4v) is 1.77. The van der Waals surface area contributed by atoms with Crippen LogP contribution in [0.5, 0.6) is 0 Å². The van der Waals surface area contributed by atoms with Crippen molar-refractivity contribution in [3.8, 4) is 0 Å². The van der Waals surface area contributed by atoms with Gasteiger partial charge in [-0.3, -0.25) is 0 Å². The molecular formula is C9H10BrN5. The van der Waals surface area contributed by atoms with Crippen LogP contribution in [0.2, 0.25) is 0 Å². The Morgan fingerprint density at radius 1 is 1.40 bits per heavy atom. The van der Waals surface area contributed by atoms with E-state index in [4.69, 9.17) is 5.73 Å². The van der Waals surface area contributed by atoms with Crippen molar-refractivity contribution >= 4 is 15.9 Å². The lowest BCUT2D eigenvalue weighted by atomic mass is 10.1. The number of nitrogens with two attached hydrogens (primary N) is 1. The van der Waals surface area contributed by atoms with Crippen molar-refractivity contribution in [2.24, 2.45) is 5.73 Å². The second-order valence-electron chi connectivity index (χ2n) is 3.17. The molecule has 0 radical (unpaired) electrons. The van der Waals surface area contributed by atoms with E-state index in [1.165, 1.54) is 0 Å². The van der Waals surface area contributed by atoms with E-state index in [0.29, 0.717) is 12.2 Å². The highest BCUT2D eigenvalue weighted by molar-refractivity contribution is 9.10. The molecule has 0 aliphatic rings. The summed E-state index contributed by atoms with van der Waals surface area (Å²) in [7, 11) is 0. The molecule has 0 saturated heterocycles. The van der Waals surface area contributed by atoms with Gasteiger partial charge in [0.1, 0.15) is 0 Å². The SMILES string of the molecule is NC(Cc1ccccc1Br)c1nn[nH]n1. The van der Waals surface area contributed by atoms with Crippen molar-refractivity contribution < 1.29 is 0 Å². The lowest BCUT2D eigenvalue weighted by Gasteiger charge is -2.08. The van der Waals surface area contributed by atoms with Crippen LogP contribution < -0.4 is 5.73 Å². The van der Waals surface area contributed by atoms with Crippen molar-refractivity contribution in [3.63, 3.8) is 0 Å². The summed E-state index contributed by atoms with van der Waals surface area (Å²) >= 11 is 3.47. The molecule has 0 bridgehead atoms. The molecule has 0 aliphatic heterocycles. The first-order chi connectivity index (χ1) is 7.27. The third-order valence-corrected chi connectivity index (χ3v) is 2.86. The first-order valence-electron chi connectivity index (χ1n) is 4.49. The van der Waals surface area contributed by atoms with Gasteiger partial charge in [0.05, 0.1) is 6.04 Å². The van der Waals surface area contributed by atoms with Gasteiger partial charge in [0.2, 0.25) is 0 Å². The van der Waals surface area contributed by atoms with Crippen LogP contribution in [0.1, 0.15) is 17.4 Å². The third-order valence-electron chi connectivity index (χ3n) is 2.09. The monoisotopic (exact) mass is 267 g/mol. The number of nitrogens with zero attached hydrogens (tertiary/aromatic N) is 3. The van der Waals surface area contributed by atoms with Crippen molar-refractivity contribution in [3.05, 3.63) is 40.1 Å². The number of hydrogen-bond acceptors (Lipinski definition) is 4. The summed E-state index contributed by atoms with van der Waals surface area (Å²) in [5.41, 5.74) is 7.07. The minimum atomic E-state index is -0.234. The summed E-state index contributed by atoms with van der Waals surface area (Å²) in [6, 6.07) is 7.71. The largest absolute Gasteiger partial charge is 0.321 e. The maximum Gasteiger partial charge on any atom is 0.191 e. The molecule has 0 fully saturated rings. The minimum absolute atomic E-state index is 0.234. The van der Waals surface area contributed by atoms with Crippen LogP contribution in [0.4, 0.5) is 0 Å². The zero-order chi connectivity index (χ0) is 10.7. The fourth-order valence-electron chi connectivity index (χ4n) is 1.32. The van der Waals surface area contributed by atoms with E-state index in [2.05, 4.69) is 36.6 Å². The Morgan fingerprint density at radius 3 is 2.87 bits per heavy atom. The molecule has 1 heterocycles. The third kappa shape index (κ3) is 2.40. The van der Waals surface area contributed by atoms with Gasteiger partial charge in [-0.25, -0.2) is 0 Å². The highest BCUT2D eigenvalue weighted by Gasteiger charge is 2.12. The predicted molar refractivity (Wildman–Crippen MR) is 59.0 cm³/mol. The Hall–Kier alpha value is -1.27. The molecule has 1 unspecified atom stereocenters. The molecule has 0 saturated carbocycles. The van der Waals surface area contributed by atoms with Crippen LogP contribution in [0.15, 0.2) is 28.7 Å². The normalized spacial score (nSPS) is 12.7. The number of aromatic amines is 1. The number of rotatable bonds is 3. The molecule has 1 aromatic heterocycles. The van der Waals surface area contributed by atoms with Gasteiger partial charge >= 0.3 is 0 Å². The van der Waals surface area contributed by atoms with E-state index in [1.807, 2.05) is 24.3 Å². The standard InChI is InChI=1S/C9H10BrN5/c10-7-4-2-1-3-6(7)5-8(11)9-12-14-15-13-9/h1-4,8H,5,11H2,(H,12,13,14,15). The van der Waals surface area contributed by atoms with Crippen molar-refractivity contribution in [2.75, 3.05) is 0 Å². The van der Waals surface area contributed by atoms with E-state index in [0.717, 1.165) is 10.0 Å². The lowest BCUT2D eigenvalue weighted by Crippen LogP contribution is -2.15. The molecule has 0 spiro atoms. The Morgan fingerprint density at radius 2 is 2.20 bits per heavy atom. The molecule has 0 amide bonds. The first-order valence-corrected chi connectivity index (χ1v) is 5.29.